The maximum absolute atomic E-state index is 13.2. The van der Waals surface area contributed by atoms with E-state index in [9.17, 15) is 4.79 Å². The van der Waals surface area contributed by atoms with Crippen LogP contribution in [0.25, 0.3) is 0 Å². The summed E-state index contributed by atoms with van der Waals surface area (Å²) in [5, 5.41) is 4.09. The molecule has 1 aromatic carbocycles. The molecule has 1 aliphatic heterocycles. The summed E-state index contributed by atoms with van der Waals surface area (Å²) in [5.41, 5.74) is 7.57. The summed E-state index contributed by atoms with van der Waals surface area (Å²) in [6, 6.07) is 3.88. The molecule has 2 heterocycles. The van der Waals surface area contributed by atoms with Gasteiger partial charge in [-0.3, -0.25) is 4.79 Å². The quantitative estimate of drug-likeness (QED) is 0.836. The highest BCUT2D eigenvalue weighted by Gasteiger charge is 2.46. The SMILES string of the molecule is COc1cc(C)c(Sc2cnc(N)s2)cc1C(=O)N1CCNC2(CC2)C1. The Morgan fingerprint density at radius 3 is 2.92 bits per heavy atom. The van der Waals surface area contributed by atoms with E-state index in [0.717, 1.165) is 47.1 Å². The monoisotopic (exact) mass is 390 g/mol. The third kappa shape index (κ3) is 3.41. The molecule has 1 amide bonds. The first kappa shape index (κ1) is 17.6. The topological polar surface area (TPSA) is 80.5 Å². The van der Waals surface area contributed by atoms with E-state index in [4.69, 9.17) is 10.5 Å². The number of nitrogen functional groups attached to an aromatic ring is 1. The number of hydrogen-bond donors (Lipinski definition) is 2. The molecule has 3 N–H and O–H groups in total. The number of piperazine rings is 1. The summed E-state index contributed by atoms with van der Waals surface area (Å²) in [6.45, 7) is 4.37. The number of carbonyl (C=O) groups excluding carboxylic acids is 1. The molecular weight excluding hydrogens is 368 g/mol. The Morgan fingerprint density at radius 1 is 1.46 bits per heavy atom. The third-order valence-corrected chi connectivity index (χ3v) is 7.04. The van der Waals surface area contributed by atoms with Gasteiger partial charge < -0.3 is 20.7 Å². The predicted octanol–water partition coefficient (Wildman–Crippen LogP) is 2.77. The van der Waals surface area contributed by atoms with Crippen LogP contribution in [0.3, 0.4) is 0 Å². The molecule has 138 valence electrons. The number of aromatic nitrogens is 1. The Kier molecular flexibility index (Phi) is 4.58. The molecular formula is C18H22N4O2S2. The van der Waals surface area contributed by atoms with Gasteiger partial charge in [0.05, 0.1) is 23.1 Å². The smallest absolute Gasteiger partial charge is 0.257 e. The number of methoxy groups -OCH3 is 1. The summed E-state index contributed by atoms with van der Waals surface area (Å²) in [6.07, 6.45) is 4.06. The van der Waals surface area contributed by atoms with E-state index in [-0.39, 0.29) is 11.4 Å². The number of amides is 1. The summed E-state index contributed by atoms with van der Waals surface area (Å²) in [4.78, 5) is 20.3. The number of carbonyl (C=O) groups is 1. The second kappa shape index (κ2) is 6.75. The van der Waals surface area contributed by atoms with Crippen molar-refractivity contribution >= 4 is 34.1 Å². The Bertz CT molecular complexity index is 848. The summed E-state index contributed by atoms with van der Waals surface area (Å²) < 4.78 is 6.52. The first-order valence-electron chi connectivity index (χ1n) is 8.62. The first-order valence-corrected chi connectivity index (χ1v) is 10.3. The van der Waals surface area contributed by atoms with Gasteiger partial charge in [-0.15, -0.1) is 0 Å². The van der Waals surface area contributed by atoms with Gasteiger partial charge in [-0.25, -0.2) is 4.98 Å². The fourth-order valence-corrected chi connectivity index (χ4v) is 5.15. The zero-order chi connectivity index (χ0) is 18.3. The van der Waals surface area contributed by atoms with Crippen LogP contribution in [0.15, 0.2) is 27.4 Å². The number of rotatable bonds is 4. The number of anilines is 1. The molecule has 1 saturated carbocycles. The first-order chi connectivity index (χ1) is 12.5. The number of nitrogens with two attached hydrogens (primary N) is 1. The number of nitrogens with zero attached hydrogens (tertiary/aromatic N) is 2. The molecule has 2 aromatic rings. The van der Waals surface area contributed by atoms with E-state index in [1.54, 1.807) is 25.1 Å². The second-order valence-corrected chi connectivity index (χ2v) is 9.28. The molecule has 2 aliphatic rings. The maximum atomic E-state index is 13.2. The Balaban J connectivity index is 1.63. The lowest BCUT2D eigenvalue weighted by molar-refractivity contribution is 0.0687. The molecule has 0 radical (unpaired) electrons. The Hall–Kier alpha value is -1.77. The highest BCUT2D eigenvalue weighted by molar-refractivity contribution is 8.01. The van der Waals surface area contributed by atoms with Crippen LogP contribution in [0.2, 0.25) is 0 Å². The van der Waals surface area contributed by atoms with Crippen LogP contribution in [0.4, 0.5) is 5.13 Å². The molecule has 0 bridgehead atoms. The van der Waals surface area contributed by atoms with Crippen molar-refractivity contribution in [2.75, 3.05) is 32.5 Å². The summed E-state index contributed by atoms with van der Waals surface area (Å²) in [5.74, 6) is 0.671. The van der Waals surface area contributed by atoms with Crippen molar-refractivity contribution < 1.29 is 9.53 Å². The normalized spacial score (nSPS) is 18.2. The lowest BCUT2D eigenvalue weighted by Gasteiger charge is -2.34. The molecule has 8 heteroatoms. The summed E-state index contributed by atoms with van der Waals surface area (Å²) >= 11 is 3.03. The van der Waals surface area contributed by atoms with E-state index < -0.39 is 0 Å². The molecule has 1 aromatic heterocycles. The second-order valence-electron chi connectivity index (χ2n) is 6.87. The van der Waals surface area contributed by atoms with Crippen LogP contribution in [0.1, 0.15) is 28.8 Å². The van der Waals surface area contributed by atoms with Gasteiger partial charge in [0.25, 0.3) is 5.91 Å². The highest BCUT2D eigenvalue weighted by atomic mass is 32.2. The Morgan fingerprint density at radius 2 is 2.27 bits per heavy atom. The van der Waals surface area contributed by atoms with Gasteiger partial charge in [-0.2, -0.15) is 0 Å². The van der Waals surface area contributed by atoms with Crippen LogP contribution in [-0.4, -0.2) is 48.1 Å². The van der Waals surface area contributed by atoms with Gasteiger partial charge in [-0.1, -0.05) is 23.1 Å². The number of benzene rings is 1. The standard InChI is InChI=1S/C18H22N4O2S2/c1-11-7-13(24-2)12(8-14(11)25-15-9-20-17(19)26-15)16(23)22-6-5-21-18(10-22)3-4-18/h7-9,21H,3-6,10H2,1-2H3,(H2,19,20). The minimum atomic E-state index is 0.0419. The van der Waals surface area contributed by atoms with Crippen molar-refractivity contribution in [3.8, 4) is 5.75 Å². The molecule has 6 nitrogen and oxygen atoms in total. The zero-order valence-corrected chi connectivity index (χ0v) is 16.5. The van der Waals surface area contributed by atoms with Crippen LogP contribution in [0.5, 0.6) is 5.75 Å². The van der Waals surface area contributed by atoms with E-state index in [0.29, 0.717) is 16.4 Å². The maximum Gasteiger partial charge on any atom is 0.257 e. The van der Waals surface area contributed by atoms with Crippen LogP contribution in [-0.2, 0) is 0 Å². The Labute approximate surface area is 161 Å². The van der Waals surface area contributed by atoms with Crippen LogP contribution >= 0.6 is 23.1 Å². The van der Waals surface area contributed by atoms with E-state index in [1.807, 2.05) is 24.0 Å². The van der Waals surface area contributed by atoms with E-state index >= 15 is 0 Å². The minimum Gasteiger partial charge on any atom is -0.496 e. The largest absolute Gasteiger partial charge is 0.496 e. The number of thiazole rings is 1. The van der Waals surface area contributed by atoms with Gasteiger partial charge in [0.15, 0.2) is 5.13 Å². The average molecular weight is 391 g/mol. The van der Waals surface area contributed by atoms with Crippen LogP contribution in [0, 0.1) is 6.92 Å². The van der Waals surface area contributed by atoms with Crippen molar-refractivity contribution in [2.24, 2.45) is 0 Å². The average Bonchev–Trinajstić information content (AvgIpc) is 3.24. The molecule has 4 rings (SSSR count). The van der Waals surface area contributed by atoms with Crippen molar-refractivity contribution in [3.63, 3.8) is 0 Å². The summed E-state index contributed by atoms with van der Waals surface area (Å²) in [7, 11) is 1.61. The molecule has 0 unspecified atom stereocenters. The third-order valence-electron chi connectivity index (χ3n) is 4.96. The van der Waals surface area contributed by atoms with Gasteiger partial charge >= 0.3 is 0 Å². The van der Waals surface area contributed by atoms with Gasteiger partial charge in [0.2, 0.25) is 0 Å². The van der Waals surface area contributed by atoms with Gasteiger partial charge in [-0.05, 0) is 37.5 Å². The molecule has 0 atom stereocenters. The fraction of sp³-hybridized carbons (Fsp3) is 0.444. The minimum absolute atomic E-state index is 0.0419. The molecule has 26 heavy (non-hydrogen) atoms. The highest BCUT2D eigenvalue weighted by Crippen LogP contribution is 2.40. The zero-order valence-electron chi connectivity index (χ0n) is 14.9. The predicted molar refractivity (Wildman–Crippen MR) is 104 cm³/mol. The van der Waals surface area contributed by atoms with Crippen molar-refractivity contribution in [1.29, 1.82) is 0 Å². The van der Waals surface area contributed by atoms with Crippen LogP contribution < -0.4 is 15.8 Å². The number of aryl methyl sites for hydroxylation is 1. The molecule has 2 fully saturated rings. The lowest BCUT2D eigenvalue weighted by Crippen LogP contribution is -2.54. The van der Waals surface area contributed by atoms with E-state index in [2.05, 4.69) is 10.3 Å². The van der Waals surface area contributed by atoms with Crippen molar-refractivity contribution in [3.05, 3.63) is 29.5 Å². The van der Waals surface area contributed by atoms with Crippen molar-refractivity contribution in [2.45, 2.75) is 34.4 Å². The molecule has 1 spiro atoms. The molecule has 1 saturated heterocycles. The number of nitrogens with one attached hydrogen (secondary N) is 1. The number of ether oxygens (including phenoxy) is 1. The van der Waals surface area contributed by atoms with Gasteiger partial charge in [0, 0.05) is 30.1 Å². The van der Waals surface area contributed by atoms with Gasteiger partial charge in [0.1, 0.15) is 5.75 Å². The van der Waals surface area contributed by atoms with E-state index in [1.165, 1.54) is 11.3 Å². The molecule has 1 aliphatic carbocycles. The fourth-order valence-electron chi connectivity index (χ4n) is 3.32. The lowest BCUT2D eigenvalue weighted by atomic mass is 10.1. The van der Waals surface area contributed by atoms with Crippen molar-refractivity contribution in [1.82, 2.24) is 15.2 Å². The number of hydrogen-bond acceptors (Lipinski definition) is 7.